The SMILES string of the molecule is CC(NS(=O)(=O)c1ccccc1C(F)(F)F)C1CCCO1. The van der Waals surface area contributed by atoms with Gasteiger partial charge in [0.05, 0.1) is 16.6 Å². The lowest BCUT2D eigenvalue weighted by molar-refractivity contribution is -0.139. The molecule has 2 atom stereocenters. The van der Waals surface area contributed by atoms with Crippen LogP contribution in [-0.2, 0) is 20.9 Å². The summed E-state index contributed by atoms with van der Waals surface area (Å²) in [5, 5.41) is 0. The molecule has 118 valence electrons. The summed E-state index contributed by atoms with van der Waals surface area (Å²) in [7, 11) is -4.26. The van der Waals surface area contributed by atoms with Crippen LogP contribution in [0.4, 0.5) is 13.2 Å². The van der Waals surface area contributed by atoms with Crippen LogP contribution in [0.15, 0.2) is 29.2 Å². The quantitative estimate of drug-likeness (QED) is 0.926. The lowest BCUT2D eigenvalue weighted by Gasteiger charge is -2.21. The van der Waals surface area contributed by atoms with E-state index in [9.17, 15) is 21.6 Å². The van der Waals surface area contributed by atoms with Gasteiger partial charge in [-0.25, -0.2) is 13.1 Å². The molecule has 1 aliphatic rings. The average molecular weight is 323 g/mol. The second kappa shape index (κ2) is 5.94. The van der Waals surface area contributed by atoms with E-state index in [0.717, 1.165) is 24.6 Å². The van der Waals surface area contributed by atoms with Crippen molar-refractivity contribution in [2.75, 3.05) is 6.61 Å². The molecule has 1 heterocycles. The summed E-state index contributed by atoms with van der Waals surface area (Å²) in [6.07, 6.45) is -3.53. The predicted octanol–water partition coefficient (Wildman–Crippen LogP) is 2.55. The lowest BCUT2D eigenvalue weighted by atomic mass is 10.1. The van der Waals surface area contributed by atoms with E-state index in [1.165, 1.54) is 6.07 Å². The molecule has 0 bridgehead atoms. The van der Waals surface area contributed by atoms with E-state index < -0.39 is 32.7 Å². The zero-order chi connectivity index (χ0) is 15.7. The van der Waals surface area contributed by atoms with E-state index in [-0.39, 0.29) is 6.10 Å². The van der Waals surface area contributed by atoms with E-state index in [4.69, 9.17) is 4.74 Å². The maximum atomic E-state index is 12.9. The first kappa shape index (κ1) is 16.3. The summed E-state index contributed by atoms with van der Waals surface area (Å²) in [6.45, 7) is 2.12. The maximum Gasteiger partial charge on any atom is 0.417 e. The molecule has 1 aromatic carbocycles. The van der Waals surface area contributed by atoms with Gasteiger partial charge in [-0.3, -0.25) is 0 Å². The topological polar surface area (TPSA) is 55.4 Å². The molecule has 0 aromatic heterocycles. The Morgan fingerprint density at radius 3 is 2.57 bits per heavy atom. The number of ether oxygens (including phenoxy) is 1. The second-order valence-corrected chi connectivity index (χ2v) is 6.64. The Balaban J connectivity index is 2.27. The molecule has 1 aromatic rings. The van der Waals surface area contributed by atoms with Gasteiger partial charge in [-0.15, -0.1) is 0 Å². The highest BCUT2D eigenvalue weighted by atomic mass is 32.2. The van der Waals surface area contributed by atoms with Crippen molar-refractivity contribution < 1.29 is 26.3 Å². The summed E-state index contributed by atoms with van der Waals surface area (Å²) < 4.78 is 70.7. The van der Waals surface area contributed by atoms with Crippen LogP contribution >= 0.6 is 0 Å². The molecule has 1 aliphatic heterocycles. The molecule has 1 N–H and O–H groups in total. The van der Waals surface area contributed by atoms with Crippen molar-refractivity contribution in [3.63, 3.8) is 0 Å². The van der Waals surface area contributed by atoms with Gasteiger partial charge in [0.1, 0.15) is 0 Å². The summed E-state index contributed by atoms with van der Waals surface area (Å²) in [5.74, 6) is 0. The number of benzene rings is 1. The monoisotopic (exact) mass is 323 g/mol. The minimum absolute atomic E-state index is 0.308. The first-order chi connectivity index (χ1) is 9.72. The van der Waals surface area contributed by atoms with Crippen LogP contribution in [0.5, 0.6) is 0 Å². The van der Waals surface area contributed by atoms with Gasteiger partial charge in [0.25, 0.3) is 0 Å². The van der Waals surface area contributed by atoms with Crippen molar-refractivity contribution in [3.05, 3.63) is 29.8 Å². The lowest BCUT2D eigenvalue weighted by Crippen LogP contribution is -2.41. The van der Waals surface area contributed by atoms with E-state index in [1.54, 1.807) is 6.92 Å². The van der Waals surface area contributed by atoms with Gasteiger partial charge in [0.2, 0.25) is 10.0 Å². The van der Waals surface area contributed by atoms with Crippen LogP contribution in [0.1, 0.15) is 25.3 Å². The van der Waals surface area contributed by atoms with Gasteiger partial charge < -0.3 is 4.74 Å². The Kier molecular flexibility index (Phi) is 4.60. The van der Waals surface area contributed by atoms with Crippen molar-refractivity contribution >= 4 is 10.0 Å². The summed E-state index contributed by atoms with van der Waals surface area (Å²) >= 11 is 0. The number of alkyl halides is 3. The van der Waals surface area contributed by atoms with Gasteiger partial charge >= 0.3 is 6.18 Å². The fourth-order valence-electron chi connectivity index (χ4n) is 2.32. The highest BCUT2D eigenvalue weighted by Crippen LogP contribution is 2.34. The summed E-state index contributed by atoms with van der Waals surface area (Å²) in [6, 6.07) is 3.55. The van der Waals surface area contributed by atoms with Crippen LogP contribution < -0.4 is 4.72 Å². The summed E-state index contributed by atoms with van der Waals surface area (Å²) in [5.41, 5.74) is -1.17. The molecule has 0 amide bonds. The molecule has 0 saturated carbocycles. The standard InChI is InChI=1S/C13H16F3NO3S/c1-9(11-6-4-8-20-11)17-21(18,19)12-7-3-2-5-10(12)13(14,15)16/h2-3,5,7,9,11,17H,4,6,8H2,1H3. The van der Waals surface area contributed by atoms with Crippen molar-refractivity contribution in [1.82, 2.24) is 4.72 Å². The van der Waals surface area contributed by atoms with Crippen LogP contribution in [0.25, 0.3) is 0 Å². The highest BCUT2D eigenvalue weighted by molar-refractivity contribution is 7.89. The number of halogens is 3. The average Bonchev–Trinajstić information content (AvgIpc) is 2.91. The Morgan fingerprint density at radius 1 is 1.33 bits per heavy atom. The fourth-order valence-corrected chi connectivity index (χ4v) is 3.82. The molecule has 0 spiro atoms. The smallest absolute Gasteiger partial charge is 0.377 e. The first-order valence-corrected chi connectivity index (χ1v) is 8.00. The van der Waals surface area contributed by atoms with Gasteiger partial charge in [-0.2, -0.15) is 13.2 Å². The number of rotatable bonds is 4. The van der Waals surface area contributed by atoms with Gasteiger partial charge in [0.15, 0.2) is 0 Å². The van der Waals surface area contributed by atoms with Gasteiger partial charge in [-0.1, -0.05) is 12.1 Å². The third-order valence-electron chi connectivity index (χ3n) is 3.35. The number of sulfonamides is 1. The molecule has 2 unspecified atom stereocenters. The molecule has 4 nitrogen and oxygen atoms in total. The zero-order valence-corrected chi connectivity index (χ0v) is 12.2. The minimum Gasteiger partial charge on any atom is -0.377 e. The number of hydrogen-bond acceptors (Lipinski definition) is 3. The zero-order valence-electron chi connectivity index (χ0n) is 11.4. The molecule has 8 heteroatoms. The van der Waals surface area contributed by atoms with Crippen LogP contribution in [0.2, 0.25) is 0 Å². The first-order valence-electron chi connectivity index (χ1n) is 6.52. The van der Waals surface area contributed by atoms with E-state index in [0.29, 0.717) is 13.0 Å². The normalized spacial score (nSPS) is 21.4. The highest BCUT2D eigenvalue weighted by Gasteiger charge is 2.37. The minimum atomic E-state index is -4.72. The van der Waals surface area contributed by atoms with E-state index in [2.05, 4.69) is 4.72 Å². The fraction of sp³-hybridized carbons (Fsp3) is 0.538. The Morgan fingerprint density at radius 2 is 2.00 bits per heavy atom. The Labute approximate surface area is 121 Å². The van der Waals surface area contributed by atoms with E-state index in [1.807, 2.05) is 0 Å². The molecular weight excluding hydrogens is 307 g/mol. The summed E-state index contributed by atoms with van der Waals surface area (Å²) in [4.78, 5) is -0.762. The largest absolute Gasteiger partial charge is 0.417 e. The van der Waals surface area contributed by atoms with Crippen LogP contribution in [0, 0.1) is 0 Å². The van der Waals surface area contributed by atoms with Crippen molar-refractivity contribution in [2.45, 2.75) is 43.0 Å². The number of nitrogens with one attached hydrogen (secondary N) is 1. The number of hydrogen-bond donors (Lipinski definition) is 1. The van der Waals surface area contributed by atoms with E-state index >= 15 is 0 Å². The van der Waals surface area contributed by atoms with Crippen LogP contribution in [-0.4, -0.2) is 27.2 Å². The third-order valence-corrected chi connectivity index (χ3v) is 4.96. The second-order valence-electron chi connectivity index (χ2n) is 4.96. The molecular formula is C13H16F3NO3S. The van der Waals surface area contributed by atoms with Gasteiger partial charge in [0, 0.05) is 12.6 Å². The Bertz CT molecular complexity index is 595. The maximum absolute atomic E-state index is 12.9. The predicted molar refractivity (Wildman–Crippen MR) is 70.2 cm³/mol. The molecule has 0 radical (unpaired) electrons. The van der Waals surface area contributed by atoms with Crippen molar-refractivity contribution in [1.29, 1.82) is 0 Å². The van der Waals surface area contributed by atoms with Crippen molar-refractivity contribution in [3.8, 4) is 0 Å². The molecule has 21 heavy (non-hydrogen) atoms. The molecule has 1 fully saturated rings. The third kappa shape index (κ3) is 3.75. The van der Waals surface area contributed by atoms with Crippen molar-refractivity contribution in [2.24, 2.45) is 0 Å². The molecule has 2 rings (SSSR count). The molecule has 1 saturated heterocycles. The molecule has 0 aliphatic carbocycles. The van der Waals surface area contributed by atoms with Gasteiger partial charge in [-0.05, 0) is 31.9 Å². The van der Waals surface area contributed by atoms with Crippen LogP contribution in [0.3, 0.4) is 0 Å². The Hall–Kier alpha value is -1.12.